The smallest absolute Gasteiger partial charge is 0.226 e. The van der Waals surface area contributed by atoms with Crippen molar-refractivity contribution in [2.24, 2.45) is 0 Å². The molecule has 2 amide bonds. The van der Waals surface area contributed by atoms with E-state index in [-0.39, 0.29) is 36.7 Å². The molecule has 5 rings (SSSR count). The van der Waals surface area contributed by atoms with Crippen molar-refractivity contribution < 1.29 is 9.59 Å². The van der Waals surface area contributed by atoms with E-state index in [1.807, 2.05) is 28.6 Å². The summed E-state index contributed by atoms with van der Waals surface area (Å²) in [4.78, 5) is 35.6. The lowest BCUT2D eigenvalue weighted by atomic mass is 9.98. The Morgan fingerprint density at radius 3 is 3.00 bits per heavy atom. The number of nitrogens with zero attached hydrogens (tertiary/aromatic N) is 5. The predicted octanol–water partition coefficient (Wildman–Crippen LogP) is 2.50. The van der Waals surface area contributed by atoms with Gasteiger partial charge in [-0.15, -0.1) is 11.3 Å². The number of hydrogen-bond acceptors (Lipinski definition) is 6. The van der Waals surface area contributed by atoms with Crippen LogP contribution in [-0.4, -0.2) is 42.3 Å². The van der Waals surface area contributed by atoms with E-state index in [9.17, 15) is 9.59 Å². The first-order valence-electron chi connectivity index (χ1n) is 9.45. The van der Waals surface area contributed by atoms with Gasteiger partial charge in [-0.2, -0.15) is 5.10 Å². The lowest BCUT2D eigenvalue weighted by Crippen LogP contribution is -2.42. The molecule has 0 saturated carbocycles. The van der Waals surface area contributed by atoms with Gasteiger partial charge in [0, 0.05) is 54.7 Å². The zero-order chi connectivity index (χ0) is 19.3. The maximum Gasteiger partial charge on any atom is 0.226 e. The van der Waals surface area contributed by atoms with E-state index in [0.29, 0.717) is 5.13 Å². The van der Waals surface area contributed by atoms with Crippen LogP contribution in [0.2, 0.25) is 0 Å². The molecule has 2 atom stereocenters. The van der Waals surface area contributed by atoms with E-state index in [4.69, 9.17) is 0 Å². The molecule has 8 nitrogen and oxygen atoms in total. The first-order chi connectivity index (χ1) is 13.6. The number of carbonyl (C=O) groups is 2. The summed E-state index contributed by atoms with van der Waals surface area (Å²) in [5, 5.41) is 9.68. The maximum absolute atomic E-state index is 12.9. The van der Waals surface area contributed by atoms with Crippen molar-refractivity contribution in [1.82, 2.24) is 24.5 Å². The van der Waals surface area contributed by atoms with Gasteiger partial charge in [-0.1, -0.05) is 0 Å². The summed E-state index contributed by atoms with van der Waals surface area (Å²) < 4.78 is 1.93. The second kappa shape index (κ2) is 6.66. The molecule has 1 N–H and O–H groups in total. The third-order valence-corrected chi connectivity index (χ3v) is 6.25. The Hall–Kier alpha value is -2.81. The number of rotatable bonds is 4. The van der Waals surface area contributed by atoms with Gasteiger partial charge in [-0.25, -0.2) is 14.5 Å². The van der Waals surface area contributed by atoms with Crippen LogP contribution in [0.3, 0.4) is 0 Å². The monoisotopic (exact) mass is 396 g/mol. The molecule has 1 saturated heterocycles. The molecule has 0 spiro atoms. The fourth-order valence-corrected chi connectivity index (χ4v) is 4.94. The largest absolute Gasteiger partial charge is 0.332 e. The summed E-state index contributed by atoms with van der Waals surface area (Å²) in [7, 11) is 0. The number of thiazole rings is 1. The van der Waals surface area contributed by atoms with Gasteiger partial charge in [0.15, 0.2) is 10.8 Å². The zero-order valence-corrected chi connectivity index (χ0v) is 16.3. The van der Waals surface area contributed by atoms with Crippen molar-refractivity contribution >= 4 is 33.9 Å². The van der Waals surface area contributed by atoms with Crippen LogP contribution < -0.4 is 5.32 Å². The van der Waals surface area contributed by atoms with Crippen LogP contribution in [0.5, 0.6) is 0 Å². The van der Waals surface area contributed by atoms with E-state index in [1.165, 1.54) is 11.3 Å². The molecule has 2 bridgehead atoms. The molecule has 0 aliphatic carbocycles. The Morgan fingerprint density at radius 2 is 2.18 bits per heavy atom. The van der Waals surface area contributed by atoms with E-state index in [2.05, 4.69) is 20.4 Å². The molecule has 3 aromatic rings. The zero-order valence-electron chi connectivity index (χ0n) is 15.5. The molecule has 9 heteroatoms. The highest BCUT2D eigenvalue weighted by atomic mass is 32.1. The number of anilines is 1. The molecule has 0 aromatic carbocycles. The second-order valence-corrected chi connectivity index (χ2v) is 8.25. The lowest BCUT2D eigenvalue weighted by Gasteiger charge is -2.36. The lowest BCUT2D eigenvalue weighted by molar-refractivity contribution is -0.136. The Labute approximate surface area is 165 Å². The first-order valence-corrected chi connectivity index (χ1v) is 10.3. The van der Waals surface area contributed by atoms with Crippen LogP contribution in [0, 0.1) is 6.92 Å². The number of aromatic nitrogens is 4. The van der Waals surface area contributed by atoms with Crippen molar-refractivity contribution in [2.45, 2.75) is 51.1 Å². The SMILES string of the molecule is Cc1cc2ncc3c(n2n1)CC1CCC3N1C(=O)CCC(=O)Nc1nccs1. The highest BCUT2D eigenvalue weighted by molar-refractivity contribution is 7.13. The number of hydrogen-bond donors (Lipinski definition) is 1. The van der Waals surface area contributed by atoms with E-state index in [0.717, 1.165) is 41.9 Å². The predicted molar refractivity (Wildman–Crippen MR) is 104 cm³/mol. The van der Waals surface area contributed by atoms with Gasteiger partial charge in [0.05, 0.1) is 17.4 Å². The summed E-state index contributed by atoms with van der Waals surface area (Å²) >= 11 is 1.37. The highest BCUT2D eigenvalue weighted by Crippen LogP contribution is 2.43. The number of fused-ring (bicyclic) bond motifs is 6. The number of amides is 2. The number of aryl methyl sites for hydroxylation is 1. The minimum atomic E-state index is -0.177. The molecule has 28 heavy (non-hydrogen) atoms. The van der Waals surface area contributed by atoms with Gasteiger partial charge in [0.2, 0.25) is 11.8 Å². The highest BCUT2D eigenvalue weighted by Gasteiger charge is 2.43. The molecule has 1 fully saturated rings. The molecule has 2 aliphatic rings. The molecule has 2 aliphatic heterocycles. The standard InChI is InChI=1S/C19H20N6O2S/c1-11-8-16-21-10-13-14-3-2-12(9-15(13)25(16)23-11)24(14)18(27)5-4-17(26)22-19-20-6-7-28-19/h6-8,10,12,14H,2-5,9H2,1H3,(H,20,22,26). The molecule has 2 unspecified atom stereocenters. The summed E-state index contributed by atoms with van der Waals surface area (Å²) in [6.07, 6.45) is 6.59. The Kier molecular flexibility index (Phi) is 4.12. The Morgan fingerprint density at radius 1 is 1.29 bits per heavy atom. The minimum Gasteiger partial charge on any atom is -0.332 e. The van der Waals surface area contributed by atoms with Gasteiger partial charge in [0.25, 0.3) is 0 Å². The van der Waals surface area contributed by atoms with Gasteiger partial charge in [-0.3, -0.25) is 9.59 Å². The maximum atomic E-state index is 12.9. The topological polar surface area (TPSA) is 92.5 Å². The molecule has 144 valence electrons. The normalized spacial score (nSPS) is 20.4. The molecular weight excluding hydrogens is 376 g/mol. The third kappa shape index (κ3) is 2.86. The fourth-order valence-electron chi connectivity index (χ4n) is 4.40. The van der Waals surface area contributed by atoms with E-state index in [1.54, 1.807) is 11.6 Å². The molecule has 3 aromatic heterocycles. The van der Waals surface area contributed by atoms with Crippen LogP contribution in [0.4, 0.5) is 5.13 Å². The van der Waals surface area contributed by atoms with Crippen LogP contribution in [0.25, 0.3) is 5.65 Å². The number of nitrogens with one attached hydrogen (secondary N) is 1. The summed E-state index contributed by atoms with van der Waals surface area (Å²) in [6, 6.07) is 2.17. The van der Waals surface area contributed by atoms with Crippen molar-refractivity contribution in [3.8, 4) is 0 Å². The minimum absolute atomic E-state index is 0.0316. The van der Waals surface area contributed by atoms with Crippen LogP contribution in [0.1, 0.15) is 48.7 Å². The van der Waals surface area contributed by atoms with Crippen molar-refractivity contribution in [3.63, 3.8) is 0 Å². The summed E-state index contributed by atoms with van der Waals surface area (Å²) in [6.45, 7) is 1.96. The molecule has 0 radical (unpaired) electrons. The molecular formula is C19H20N6O2S. The van der Waals surface area contributed by atoms with Crippen molar-refractivity contribution in [2.75, 3.05) is 5.32 Å². The number of carbonyl (C=O) groups excluding carboxylic acids is 2. The van der Waals surface area contributed by atoms with Crippen LogP contribution in [-0.2, 0) is 16.0 Å². The average molecular weight is 396 g/mol. The van der Waals surface area contributed by atoms with Gasteiger partial charge in [0.1, 0.15) is 0 Å². The Balaban J connectivity index is 1.32. The molecule has 5 heterocycles. The summed E-state index contributed by atoms with van der Waals surface area (Å²) in [5.41, 5.74) is 4.05. The van der Waals surface area contributed by atoms with Crippen molar-refractivity contribution in [1.29, 1.82) is 0 Å². The van der Waals surface area contributed by atoms with E-state index < -0.39 is 0 Å². The quantitative estimate of drug-likeness (QED) is 0.731. The second-order valence-electron chi connectivity index (χ2n) is 7.35. The third-order valence-electron chi connectivity index (χ3n) is 5.56. The van der Waals surface area contributed by atoms with Gasteiger partial charge in [-0.05, 0) is 19.8 Å². The first kappa shape index (κ1) is 17.3. The van der Waals surface area contributed by atoms with Crippen LogP contribution >= 0.6 is 11.3 Å². The fraction of sp³-hybridized carbons (Fsp3) is 0.421. The van der Waals surface area contributed by atoms with Crippen molar-refractivity contribution in [3.05, 3.63) is 40.8 Å². The van der Waals surface area contributed by atoms with E-state index >= 15 is 0 Å². The van der Waals surface area contributed by atoms with Gasteiger partial charge >= 0.3 is 0 Å². The summed E-state index contributed by atoms with van der Waals surface area (Å²) in [5.74, 6) is -0.146. The van der Waals surface area contributed by atoms with Crippen LogP contribution in [0.15, 0.2) is 23.8 Å². The average Bonchev–Trinajstić information content (AvgIpc) is 3.38. The van der Waals surface area contributed by atoms with Gasteiger partial charge < -0.3 is 10.2 Å². The Bertz CT molecular complexity index is 1060.